The second-order valence-corrected chi connectivity index (χ2v) is 10.4. The van der Waals surface area contributed by atoms with E-state index in [-0.39, 0.29) is 11.8 Å². The number of ether oxygens (including phenoxy) is 2. The first kappa shape index (κ1) is 26.5. The number of nitrogens with two attached hydrogens (primary N) is 1. The Hall–Kier alpha value is -4.09. The molecule has 198 valence electrons. The van der Waals surface area contributed by atoms with Crippen molar-refractivity contribution in [1.82, 2.24) is 4.98 Å². The van der Waals surface area contributed by atoms with E-state index in [1.807, 2.05) is 35.2 Å². The number of carbonyl (C=O) groups excluding carboxylic acids is 1. The Bertz CT molecular complexity index is 1460. The van der Waals surface area contributed by atoms with Gasteiger partial charge in [0.1, 0.15) is 28.8 Å². The Morgan fingerprint density at radius 2 is 2.13 bits per heavy atom. The molecular weight excluding hydrogens is 514 g/mol. The molecule has 2 fully saturated rings. The van der Waals surface area contributed by atoms with Crippen molar-refractivity contribution in [2.24, 2.45) is 5.73 Å². The van der Waals surface area contributed by atoms with Crippen LogP contribution in [0.5, 0.6) is 5.75 Å². The maximum absolute atomic E-state index is 11.6. The summed E-state index contributed by atoms with van der Waals surface area (Å²) in [7, 11) is 0. The minimum Gasteiger partial charge on any atom is -0.488 e. The number of amides is 1. The maximum atomic E-state index is 11.6. The lowest BCUT2D eigenvalue weighted by Gasteiger charge is -2.22. The molecule has 2 aliphatic rings. The number of primary amides is 1. The third kappa shape index (κ3) is 5.84. The van der Waals surface area contributed by atoms with Gasteiger partial charge in [0.15, 0.2) is 0 Å². The number of nitriles is 1. The molecule has 0 saturated carbocycles. The highest BCUT2D eigenvalue weighted by atomic mass is 32.2. The third-order valence-electron chi connectivity index (χ3n) is 6.73. The number of pyridine rings is 1. The molecule has 39 heavy (non-hydrogen) atoms. The Balaban J connectivity index is 1.55. The molecule has 2 aromatic carbocycles. The van der Waals surface area contributed by atoms with Crippen molar-refractivity contribution in [2.75, 3.05) is 31.2 Å². The molecule has 10 heteroatoms. The minimum absolute atomic E-state index is 0.00881. The molecule has 0 radical (unpaired) electrons. The number of β-amino-alcohol motifs (C(OH)–C–C–N with tert-alkyl or cyclic N) is 1. The molecule has 3 N–H and O–H groups in total. The van der Waals surface area contributed by atoms with E-state index in [1.54, 1.807) is 18.2 Å². The smallest absolute Gasteiger partial charge is 0.248 e. The zero-order valence-electron chi connectivity index (χ0n) is 21.2. The Kier molecular flexibility index (Phi) is 7.99. The summed E-state index contributed by atoms with van der Waals surface area (Å²) in [6.07, 6.45) is 0.913. The van der Waals surface area contributed by atoms with E-state index in [0.29, 0.717) is 77.3 Å². The van der Waals surface area contributed by atoms with Crippen LogP contribution in [0, 0.1) is 17.9 Å². The van der Waals surface area contributed by atoms with Gasteiger partial charge >= 0.3 is 0 Å². The van der Waals surface area contributed by atoms with E-state index in [9.17, 15) is 15.2 Å². The van der Waals surface area contributed by atoms with Crippen LogP contribution in [0.4, 0.5) is 11.5 Å². The van der Waals surface area contributed by atoms with Gasteiger partial charge in [0.2, 0.25) is 11.6 Å². The van der Waals surface area contributed by atoms with Crippen LogP contribution in [-0.2, 0) is 10.5 Å². The molecule has 9 nitrogen and oxygen atoms in total. The quantitative estimate of drug-likeness (QED) is 0.319. The van der Waals surface area contributed by atoms with Gasteiger partial charge in [-0.25, -0.2) is 9.83 Å². The summed E-state index contributed by atoms with van der Waals surface area (Å²) >= 11 is 1.36. The summed E-state index contributed by atoms with van der Waals surface area (Å²) in [5.41, 5.74) is 8.49. The monoisotopic (exact) mass is 541 g/mol. The predicted octanol–water partition coefficient (Wildman–Crippen LogP) is 4.30. The van der Waals surface area contributed by atoms with Crippen molar-refractivity contribution < 1.29 is 19.4 Å². The summed E-state index contributed by atoms with van der Waals surface area (Å²) in [6.45, 7) is 10.2. The average Bonchev–Trinajstić information content (AvgIpc) is 3.63. The van der Waals surface area contributed by atoms with Crippen molar-refractivity contribution in [3.05, 3.63) is 76.6 Å². The summed E-state index contributed by atoms with van der Waals surface area (Å²) in [5, 5.41) is 20.9. The van der Waals surface area contributed by atoms with E-state index in [4.69, 9.17) is 26.8 Å². The fourth-order valence-electron chi connectivity index (χ4n) is 4.76. The summed E-state index contributed by atoms with van der Waals surface area (Å²) < 4.78 is 11.4. The second-order valence-electron chi connectivity index (χ2n) is 9.43. The number of thioether (sulfide) groups is 1. The number of aliphatic hydroxyl groups is 1. The van der Waals surface area contributed by atoms with E-state index < -0.39 is 12.0 Å². The standard InChI is InChI=1S/C29H27N5O4S/c1-32-26-25(19-5-7-22(8-6-19)38-23-10-12-37-16-23)24(14-30)29(33-28(26)34-11-9-21(35)15-34)39-17-18-3-2-4-20(13-18)27(31)36/h2-8,13,21,23,35H,9-12,15-17H2,(H2,31,36)/t21-,23?/m1/s1. The third-order valence-corrected chi connectivity index (χ3v) is 7.77. The number of benzene rings is 2. The molecule has 2 aliphatic heterocycles. The normalized spacial score (nSPS) is 18.5. The minimum atomic E-state index is -0.510. The highest BCUT2D eigenvalue weighted by Crippen LogP contribution is 2.45. The van der Waals surface area contributed by atoms with Crippen LogP contribution in [0.2, 0.25) is 0 Å². The number of hydrogen-bond donors (Lipinski definition) is 2. The van der Waals surface area contributed by atoms with Gasteiger partial charge in [-0.15, -0.1) is 11.8 Å². The number of aliphatic hydroxyl groups excluding tert-OH is 1. The molecule has 2 saturated heterocycles. The number of nitrogens with zero attached hydrogens (tertiary/aromatic N) is 4. The molecular formula is C29H27N5O4S. The molecule has 0 aliphatic carbocycles. The van der Waals surface area contributed by atoms with Crippen molar-refractivity contribution in [3.8, 4) is 22.9 Å². The van der Waals surface area contributed by atoms with Crippen LogP contribution in [0.25, 0.3) is 16.0 Å². The molecule has 2 atom stereocenters. The molecule has 1 aromatic heterocycles. The molecule has 3 heterocycles. The van der Waals surface area contributed by atoms with E-state index in [2.05, 4.69) is 10.9 Å². The number of rotatable bonds is 8. The first-order chi connectivity index (χ1) is 19.0. The lowest BCUT2D eigenvalue weighted by Crippen LogP contribution is -2.23. The summed E-state index contributed by atoms with van der Waals surface area (Å²) in [6, 6.07) is 16.7. The average molecular weight is 542 g/mol. The van der Waals surface area contributed by atoms with E-state index in [1.165, 1.54) is 11.8 Å². The topological polar surface area (TPSA) is 126 Å². The van der Waals surface area contributed by atoms with Gasteiger partial charge in [-0.05, 0) is 41.8 Å². The van der Waals surface area contributed by atoms with Crippen LogP contribution in [0.1, 0.15) is 34.3 Å². The van der Waals surface area contributed by atoms with Crippen LogP contribution in [0.15, 0.2) is 53.6 Å². The number of anilines is 1. The number of hydrogen-bond acceptors (Lipinski definition) is 8. The van der Waals surface area contributed by atoms with Crippen molar-refractivity contribution in [2.45, 2.75) is 35.8 Å². The molecule has 1 unspecified atom stereocenters. The van der Waals surface area contributed by atoms with Gasteiger partial charge in [-0.2, -0.15) is 5.26 Å². The van der Waals surface area contributed by atoms with E-state index in [0.717, 1.165) is 12.0 Å². The largest absolute Gasteiger partial charge is 0.488 e. The van der Waals surface area contributed by atoms with Gasteiger partial charge in [-0.3, -0.25) is 4.79 Å². The Morgan fingerprint density at radius 3 is 2.77 bits per heavy atom. The fourth-order valence-corrected chi connectivity index (χ4v) is 5.68. The Labute approximate surface area is 231 Å². The fraction of sp³-hybridized carbons (Fsp3) is 0.310. The van der Waals surface area contributed by atoms with E-state index >= 15 is 0 Å². The van der Waals surface area contributed by atoms with Gasteiger partial charge in [0.05, 0.1) is 31.5 Å². The van der Waals surface area contributed by atoms with Gasteiger partial charge < -0.3 is 25.2 Å². The molecule has 1 amide bonds. The molecule has 0 bridgehead atoms. The van der Waals surface area contributed by atoms with Crippen molar-refractivity contribution in [1.29, 1.82) is 5.26 Å². The summed E-state index contributed by atoms with van der Waals surface area (Å²) in [4.78, 5) is 22.1. The van der Waals surface area contributed by atoms with Gasteiger partial charge in [-0.1, -0.05) is 24.3 Å². The second kappa shape index (κ2) is 11.7. The number of aromatic nitrogens is 1. The highest BCUT2D eigenvalue weighted by Gasteiger charge is 2.29. The first-order valence-electron chi connectivity index (χ1n) is 12.6. The molecule has 5 rings (SSSR count). The number of carbonyl (C=O) groups is 1. The zero-order valence-corrected chi connectivity index (χ0v) is 22.0. The van der Waals surface area contributed by atoms with Gasteiger partial charge in [0.25, 0.3) is 0 Å². The van der Waals surface area contributed by atoms with Crippen LogP contribution in [-0.4, -0.2) is 54.5 Å². The molecule has 0 spiro atoms. The lowest BCUT2D eigenvalue weighted by molar-refractivity contribution is 0.1000. The summed E-state index contributed by atoms with van der Waals surface area (Å²) in [5.74, 6) is 1.08. The van der Waals surface area contributed by atoms with Crippen molar-refractivity contribution >= 4 is 29.2 Å². The van der Waals surface area contributed by atoms with Crippen LogP contribution in [0.3, 0.4) is 0 Å². The van der Waals surface area contributed by atoms with Gasteiger partial charge in [0, 0.05) is 36.4 Å². The zero-order chi connectivity index (χ0) is 27.4. The lowest BCUT2D eigenvalue weighted by atomic mass is 9.99. The van der Waals surface area contributed by atoms with Crippen LogP contribution >= 0.6 is 11.8 Å². The SMILES string of the molecule is [C-]#[N+]c1c(N2CC[C@@H](O)C2)nc(SCc2cccc(C(N)=O)c2)c(C#N)c1-c1ccc(OC2CCOC2)cc1. The predicted molar refractivity (Wildman–Crippen MR) is 148 cm³/mol. The highest BCUT2D eigenvalue weighted by molar-refractivity contribution is 7.98. The van der Waals surface area contributed by atoms with Crippen molar-refractivity contribution in [3.63, 3.8) is 0 Å². The first-order valence-corrected chi connectivity index (χ1v) is 13.6. The maximum Gasteiger partial charge on any atom is 0.248 e. The Morgan fingerprint density at radius 1 is 1.31 bits per heavy atom. The molecule has 3 aromatic rings. The van der Waals surface area contributed by atoms with Crippen LogP contribution < -0.4 is 15.4 Å².